The SMILES string of the molecule is CC1=C(C)[C@]2(CCN(C)C[C@@H]2F)C2CC12. The van der Waals surface area contributed by atoms with Crippen LogP contribution in [0.4, 0.5) is 4.39 Å². The molecule has 84 valence electrons. The van der Waals surface area contributed by atoms with Crippen LogP contribution in [0.5, 0.6) is 0 Å². The van der Waals surface area contributed by atoms with Crippen LogP contribution in [0.15, 0.2) is 11.1 Å². The fourth-order valence-corrected chi connectivity index (χ4v) is 4.07. The number of hydrogen-bond acceptors (Lipinski definition) is 1. The van der Waals surface area contributed by atoms with Crippen molar-refractivity contribution >= 4 is 0 Å². The highest BCUT2D eigenvalue weighted by Crippen LogP contribution is 2.68. The summed E-state index contributed by atoms with van der Waals surface area (Å²) in [5, 5.41) is 0. The van der Waals surface area contributed by atoms with E-state index in [2.05, 4.69) is 18.7 Å². The first-order valence-electron chi connectivity index (χ1n) is 6.08. The lowest BCUT2D eigenvalue weighted by Crippen LogP contribution is -2.48. The summed E-state index contributed by atoms with van der Waals surface area (Å²) in [6.07, 6.45) is 1.66. The molecule has 0 amide bonds. The third kappa shape index (κ3) is 1.06. The summed E-state index contributed by atoms with van der Waals surface area (Å²) in [6.45, 7) is 6.10. The smallest absolute Gasteiger partial charge is 0.122 e. The summed E-state index contributed by atoms with van der Waals surface area (Å²) in [4.78, 5) is 2.13. The highest BCUT2D eigenvalue weighted by molar-refractivity contribution is 5.39. The van der Waals surface area contributed by atoms with Gasteiger partial charge in [0.05, 0.1) is 0 Å². The zero-order chi connectivity index (χ0) is 10.8. The van der Waals surface area contributed by atoms with Crippen LogP contribution in [0.1, 0.15) is 26.7 Å². The molecule has 0 aromatic carbocycles. The first-order valence-corrected chi connectivity index (χ1v) is 6.08. The van der Waals surface area contributed by atoms with Crippen LogP contribution in [0.3, 0.4) is 0 Å². The van der Waals surface area contributed by atoms with E-state index < -0.39 is 6.17 Å². The molecule has 1 saturated carbocycles. The maximum Gasteiger partial charge on any atom is 0.122 e. The van der Waals surface area contributed by atoms with Gasteiger partial charge in [0.25, 0.3) is 0 Å². The molecule has 0 aromatic heterocycles. The van der Waals surface area contributed by atoms with Crippen molar-refractivity contribution in [3.05, 3.63) is 11.1 Å². The van der Waals surface area contributed by atoms with E-state index in [0.29, 0.717) is 12.5 Å². The highest BCUT2D eigenvalue weighted by atomic mass is 19.1. The Balaban J connectivity index is 1.97. The Kier molecular flexibility index (Phi) is 1.87. The van der Waals surface area contributed by atoms with Crippen molar-refractivity contribution in [2.24, 2.45) is 17.3 Å². The van der Waals surface area contributed by atoms with E-state index in [-0.39, 0.29) is 5.41 Å². The molecule has 2 fully saturated rings. The number of hydrogen-bond donors (Lipinski definition) is 0. The Morgan fingerprint density at radius 2 is 2.13 bits per heavy atom. The Hall–Kier alpha value is -0.370. The minimum Gasteiger partial charge on any atom is -0.303 e. The minimum atomic E-state index is -0.635. The van der Waals surface area contributed by atoms with Gasteiger partial charge in [0.1, 0.15) is 6.17 Å². The molecule has 1 saturated heterocycles. The van der Waals surface area contributed by atoms with E-state index in [0.717, 1.165) is 18.9 Å². The molecule has 1 heterocycles. The number of fused-ring (bicyclic) bond motifs is 2. The molecular weight excluding hydrogens is 189 g/mol. The Morgan fingerprint density at radius 3 is 2.67 bits per heavy atom. The van der Waals surface area contributed by atoms with Crippen molar-refractivity contribution in [2.75, 3.05) is 20.1 Å². The molecule has 0 radical (unpaired) electrons. The van der Waals surface area contributed by atoms with Gasteiger partial charge in [-0.05, 0) is 52.1 Å². The largest absolute Gasteiger partial charge is 0.303 e. The van der Waals surface area contributed by atoms with E-state index in [9.17, 15) is 4.39 Å². The summed E-state index contributed by atoms with van der Waals surface area (Å²) in [5.41, 5.74) is 2.85. The second-order valence-electron chi connectivity index (χ2n) is 5.78. The van der Waals surface area contributed by atoms with Crippen LogP contribution in [0, 0.1) is 17.3 Å². The number of alkyl halides is 1. The summed E-state index contributed by atoms with van der Waals surface area (Å²) < 4.78 is 14.4. The van der Waals surface area contributed by atoms with Gasteiger partial charge >= 0.3 is 0 Å². The Morgan fingerprint density at radius 1 is 1.40 bits per heavy atom. The molecule has 1 nitrogen and oxygen atoms in total. The van der Waals surface area contributed by atoms with Crippen LogP contribution in [0.25, 0.3) is 0 Å². The zero-order valence-corrected chi connectivity index (χ0v) is 9.89. The lowest BCUT2D eigenvalue weighted by atomic mass is 9.69. The number of likely N-dealkylation sites (tertiary alicyclic amines) is 1. The molecule has 1 aliphatic heterocycles. The van der Waals surface area contributed by atoms with Gasteiger partial charge in [-0.1, -0.05) is 11.1 Å². The van der Waals surface area contributed by atoms with Crippen molar-refractivity contribution in [3.63, 3.8) is 0 Å². The van der Waals surface area contributed by atoms with Crippen LogP contribution < -0.4 is 0 Å². The molecule has 15 heavy (non-hydrogen) atoms. The molecule has 1 spiro atoms. The molecule has 0 aromatic rings. The van der Waals surface area contributed by atoms with Gasteiger partial charge in [-0.15, -0.1) is 0 Å². The Labute approximate surface area is 91.3 Å². The normalized spacial score (nSPS) is 50.0. The van der Waals surface area contributed by atoms with E-state index in [1.54, 1.807) is 0 Å². The van der Waals surface area contributed by atoms with Crippen molar-refractivity contribution in [3.8, 4) is 0 Å². The number of nitrogens with zero attached hydrogens (tertiary/aromatic N) is 1. The molecule has 0 bridgehead atoms. The van der Waals surface area contributed by atoms with Gasteiger partial charge in [-0.2, -0.15) is 0 Å². The standard InChI is InChI=1S/C13H20FN/c1-8-9(2)13(11-6-10(8)11)4-5-15(3)7-12(13)14/h10-12H,4-7H2,1-3H3/t10?,11?,12-,13+/m0/s1. The molecule has 2 unspecified atom stereocenters. The first kappa shape index (κ1) is 9.83. The van der Waals surface area contributed by atoms with Crippen LogP contribution >= 0.6 is 0 Å². The summed E-state index contributed by atoms with van der Waals surface area (Å²) in [6, 6.07) is 0. The van der Waals surface area contributed by atoms with Crippen molar-refractivity contribution in [2.45, 2.75) is 32.9 Å². The summed E-state index contributed by atoms with van der Waals surface area (Å²) >= 11 is 0. The fraction of sp³-hybridized carbons (Fsp3) is 0.846. The summed E-state index contributed by atoms with van der Waals surface area (Å²) in [7, 11) is 2.03. The van der Waals surface area contributed by atoms with Gasteiger partial charge < -0.3 is 4.90 Å². The number of piperidine rings is 1. The third-order valence-corrected chi connectivity index (χ3v) is 5.24. The van der Waals surface area contributed by atoms with Crippen LogP contribution in [0.2, 0.25) is 0 Å². The second kappa shape index (κ2) is 2.85. The van der Waals surface area contributed by atoms with Gasteiger partial charge in [0.2, 0.25) is 0 Å². The molecule has 3 aliphatic rings. The molecule has 3 rings (SSSR count). The second-order valence-corrected chi connectivity index (χ2v) is 5.78. The van der Waals surface area contributed by atoms with Gasteiger partial charge in [-0.25, -0.2) is 4.39 Å². The van der Waals surface area contributed by atoms with Gasteiger partial charge in [0.15, 0.2) is 0 Å². The average molecular weight is 209 g/mol. The Bertz CT molecular complexity index is 335. The maximum absolute atomic E-state index is 14.4. The number of halogens is 1. The van der Waals surface area contributed by atoms with Crippen LogP contribution in [-0.2, 0) is 0 Å². The lowest BCUT2D eigenvalue weighted by molar-refractivity contribution is 0.0302. The molecule has 2 aliphatic carbocycles. The molecule has 4 atom stereocenters. The van der Waals surface area contributed by atoms with Crippen LogP contribution in [-0.4, -0.2) is 31.2 Å². The van der Waals surface area contributed by atoms with Crippen molar-refractivity contribution in [1.82, 2.24) is 4.90 Å². The van der Waals surface area contributed by atoms with Crippen molar-refractivity contribution < 1.29 is 4.39 Å². The predicted octanol–water partition coefficient (Wildman–Crippen LogP) is 2.63. The fourth-order valence-electron chi connectivity index (χ4n) is 4.07. The average Bonchev–Trinajstić information content (AvgIpc) is 2.93. The van der Waals surface area contributed by atoms with E-state index in [4.69, 9.17) is 0 Å². The van der Waals surface area contributed by atoms with E-state index in [1.807, 2.05) is 7.05 Å². The molecule has 0 N–H and O–H groups in total. The van der Waals surface area contributed by atoms with Gasteiger partial charge in [0, 0.05) is 12.0 Å². The lowest BCUT2D eigenvalue weighted by Gasteiger charge is -2.43. The predicted molar refractivity (Wildman–Crippen MR) is 59.4 cm³/mol. The molecule has 2 heteroatoms. The summed E-state index contributed by atoms with van der Waals surface area (Å²) in [5.74, 6) is 1.40. The van der Waals surface area contributed by atoms with Gasteiger partial charge in [-0.3, -0.25) is 0 Å². The monoisotopic (exact) mass is 209 g/mol. The number of rotatable bonds is 0. The topological polar surface area (TPSA) is 3.24 Å². The van der Waals surface area contributed by atoms with E-state index in [1.165, 1.54) is 17.6 Å². The van der Waals surface area contributed by atoms with Crippen molar-refractivity contribution in [1.29, 1.82) is 0 Å². The van der Waals surface area contributed by atoms with E-state index >= 15 is 0 Å². The zero-order valence-electron chi connectivity index (χ0n) is 9.89. The first-order chi connectivity index (χ1) is 7.07. The maximum atomic E-state index is 14.4. The quantitative estimate of drug-likeness (QED) is 0.554. The third-order valence-electron chi connectivity index (χ3n) is 5.24. The number of allylic oxidation sites excluding steroid dienone is 2. The molecular formula is C13H20FN. The minimum absolute atomic E-state index is 0.0543. The highest BCUT2D eigenvalue weighted by Gasteiger charge is 2.63.